The van der Waals surface area contributed by atoms with E-state index in [2.05, 4.69) is 22.4 Å². The van der Waals surface area contributed by atoms with Crippen molar-refractivity contribution in [1.82, 2.24) is 15.5 Å². The molecule has 0 aliphatic carbocycles. The van der Waals surface area contributed by atoms with Crippen LogP contribution in [0.2, 0.25) is 0 Å². The molecule has 0 saturated heterocycles. The van der Waals surface area contributed by atoms with Gasteiger partial charge in [-0.25, -0.2) is 0 Å². The fraction of sp³-hybridized carbons (Fsp3) is 0.500. The Morgan fingerprint density at radius 2 is 2.06 bits per heavy atom. The first kappa shape index (κ1) is 11.9. The van der Waals surface area contributed by atoms with Crippen LogP contribution >= 0.6 is 0 Å². The lowest BCUT2D eigenvalue weighted by molar-refractivity contribution is 0.406. The third-order valence-corrected chi connectivity index (χ3v) is 2.72. The summed E-state index contributed by atoms with van der Waals surface area (Å²) in [6.45, 7) is 4.10. The number of nitrogens with zero attached hydrogens (tertiary/aromatic N) is 2. The zero-order valence-corrected chi connectivity index (χ0v) is 10.4. The SMILES string of the molecule is CCc1ccc(-c2nnc(C(CC)NC)o2)o1. The first-order chi connectivity index (χ1) is 8.28. The molecule has 0 saturated carbocycles. The standard InChI is InChI=1S/C12H17N3O2/c1-4-8-6-7-10(16-8)12-15-14-11(17-12)9(5-2)13-3/h6-7,9,13H,4-5H2,1-3H3. The number of aryl methyl sites for hydroxylation is 1. The van der Waals surface area contributed by atoms with Gasteiger partial charge < -0.3 is 14.2 Å². The molecule has 0 aliphatic rings. The molecule has 0 aromatic carbocycles. The predicted molar refractivity (Wildman–Crippen MR) is 63.5 cm³/mol. The molecule has 2 aromatic heterocycles. The van der Waals surface area contributed by atoms with E-state index in [1.165, 1.54) is 0 Å². The van der Waals surface area contributed by atoms with Crippen LogP contribution in [0.1, 0.15) is 38.0 Å². The molecule has 2 rings (SSSR count). The number of hydrogen-bond acceptors (Lipinski definition) is 5. The average Bonchev–Trinajstić information content (AvgIpc) is 2.98. The second kappa shape index (κ2) is 5.14. The van der Waals surface area contributed by atoms with Gasteiger partial charge in [0.15, 0.2) is 5.76 Å². The van der Waals surface area contributed by atoms with Crippen molar-refractivity contribution in [3.63, 3.8) is 0 Å². The van der Waals surface area contributed by atoms with E-state index in [4.69, 9.17) is 8.83 Å². The molecule has 5 heteroatoms. The second-order valence-electron chi connectivity index (χ2n) is 3.81. The fourth-order valence-corrected chi connectivity index (χ4v) is 1.66. The Balaban J connectivity index is 2.22. The minimum atomic E-state index is 0.0943. The maximum Gasteiger partial charge on any atom is 0.283 e. The molecule has 2 heterocycles. The van der Waals surface area contributed by atoms with Crippen LogP contribution in [0.15, 0.2) is 21.0 Å². The first-order valence-electron chi connectivity index (χ1n) is 5.88. The molecule has 1 atom stereocenters. The van der Waals surface area contributed by atoms with E-state index in [1.807, 2.05) is 26.1 Å². The summed E-state index contributed by atoms with van der Waals surface area (Å²) < 4.78 is 11.2. The monoisotopic (exact) mass is 235 g/mol. The molecule has 1 N–H and O–H groups in total. The van der Waals surface area contributed by atoms with Gasteiger partial charge in [0.05, 0.1) is 6.04 Å². The molecular weight excluding hydrogens is 218 g/mol. The van der Waals surface area contributed by atoms with Gasteiger partial charge in [-0.1, -0.05) is 13.8 Å². The zero-order chi connectivity index (χ0) is 12.3. The predicted octanol–water partition coefficient (Wildman–Crippen LogP) is 2.56. The molecule has 5 nitrogen and oxygen atoms in total. The fourth-order valence-electron chi connectivity index (χ4n) is 1.66. The maximum atomic E-state index is 5.59. The highest BCUT2D eigenvalue weighted by Gasteiger charge is 2.17. The molecule has 1 unspecified atom stereocenters. The van der Waals surface area contributed by atoms with E-state index in [0.29, 0.717) is 17.5 Å². The first-order valence-corrected chi connectivity index (χ1v) is 5.88. The van der Waals surface area contributed by atoms with E-state index in [-0.39, 0.29) is 6.04 Å². The minimum Gasteiger partial charge on any atom is -0.456 e. The normalized spacial score (nSPS) is 12.9. The van der Waals surface area contributed by atoms with E-state index in [0.717, 1.165) is 18.6 Å². The molecule has 0 aliphatic heterocycles. The Bertz CT molecular complexity index is 472. The quantitative estimate of drug-likeness (QED) is 0.862. The van der Waals surface area contributed by atoms with Crippen molar-refractivity contribution in [3.05, 3.63) is 23.8 Å². The van der Waals surface area contributed by atoms with Crippen molar-refractivity contribution in [2.24, 2.45) is 0 Å². The highest BCUT2D eigenvalue weighted by Crippen LogP contribution is 2.23. The molecule has 0 spiro atoms. The van der Waals surface area contributed by atoms with Crippen molar-refractivity contribution in [3.8, 4) is 11.7 Å². The molecule has 2 aromatic rings. The lowest BCUT2D eigenvalue weighted by Crippen LogP contribution is -2.15. The number of hydrogen-bond donors (Lipinski definition) is 1. The largest absolute Gasteiger partial charge is 0.456 e. The molecule has 17 heavy (non-hydrogen) atoms. The van der Waals surface area contributed by atoms with Crippen molar-refractivity contribution in [2.45, 2.75) is 32.7 Å². The van der Waals surface area contributed by atoms with Crippen LogP contribution in [0, 0.1) is 0 Å². The van der Waals surface area contributed by atoms with Gasteiger partial charge in [-0.3, -0.25) is 0 Å². The zero-order valence-electron chi connectivity index (χ0n) is 10.4. The van der Waals surface area contributed by atoms with Gasteiger partial charge >= 0.3 is 0 Å². The summed E-state index contributed by atoms with van der Waals surface area (Å²) >= 11 is 0. The van der Waals surface area contributed by atoms with Gasteiger partial charge in [-0.05, 0) is 25.6 Å². The van der Waals surface area contributed by atoms with Crippen molar-refractivity contribution >= 4 is 0 Å². The van der Waals surface area contributed by atoms with Crippen molar-refractivity contribution in [1.29, 1.82) is 0 Å². The Morgan fingerprint density at radius 3 is 2.65 bits per heavy atom. The summed E-state index contributed by atoms with van der Waals surface area (Å²) in [5, 5.41) is 11.2. The summed E-state index contributed by atoms with van der Waals surface area (Å²) in [6.07, 6.45) is 1.76. The number of rotatable bonds is 5. The Hall–Kier alpha value is -1.62. The van der Waals surface area contributed by atoms with E-state index in [9.17, 15) is 0 Å². The highest BCUT2D eigenvalue weighted by atomic mass is 16.4. The summed E-state index contributed by atoms with van der Waals surface area (Å²) in [7, 11) is 1.88. The van der Waals surface area contributed by atoms with Crippen LogP contribution < -0.4 is 5.32 Å². The van der Waals surface area contributed by atoms with Crippen LogP contribution in [0.4, 0.5) is 0 Å². The molecule has 92 valence electrons. The van der Waals surface area contributed by atoms with E-state index in [1.54, 1.807) is 0 Å². The van der Waals surface area contributed by atoms with Gasteiger partial charge in [-0.2, -0.15) is 0 Å². The van der Waals surface area contributed by atoms with Crippen molar-refractivity contribution in [2.75, 3.05) is 7.05 Å². The minimum absolute atomic E-state index is 0.0943. The maximum absolute atomic E-state index is 5.59. The Labute approximate surface area is 100 Å². The lowest BCUT2D eigenvalue weighted by Gasteiger charge is -2.06. The van der Waals surface area contributed by atoms with Gasteiger partial charge in [0.1, 0.15) is 5.76 Å². The summed E-state index contributed by atoms with van der Waals surface area (Å²) in [5.41, 5.74) is 0. The van der Waals surface area contributed by atoms with Gasteiger partial charge in [-0.15, -0.1) is 10.2 Å². The van der Waals surface area contributed by atoms with Crippen LogP contribution in [0.3, 0.4) is 0 Å². The van der Waals surface area contributed by atoms with Gasteiger partial charge in [0.25, 0.3) is 5.89 Å². The third-order valence-electron chi connectivity index (χ3n) is 2.72. The van der Waals surface area contributed by atoms with Gasteiger partial charge in [0.2, 0.25) is 5.89 Å². The highest BCUT2D eigenvalue weighted by molar-refractivity contribution is 5.43. The number of aromatic nitrogens is 2. The smallest absolute Gasteiger partial charge is 0.283 e. The molecule has 0 fully saturated rings. The van der Waals surface area contributed by atoms with E-state index < -0.39 is 0 Å². The second-order valence-corrected chi connectivity index (χ2v) is 3.81. The summed E-state index contributed by atoms with van der Waals surface area (Å²) in [6, 6.07) is 3.88. The van der Waals surface area contributed by atoms with Crippen molar-refractivity contribution < 1.29 is 8.83 Å². The van der Waals surface area contributed by atoms with Crippen LogP contribution in [0.5, 0.6) is 0 Å². The number of furan rings is 1. The van der Waals surface area contributed by atoms with Crippen LogP contribution in [-0.4, -0.2) is 17.2 Å². The van der Waals surface area contributed by atoms with Gasteiger partial charge in [0, 0.05) is 6.42 Å². The topological polar surface area (TPSA) is 64.1 Å². The van der Waals surface area contributed by atoms with Crippen LogP contribution in [-0.2, 0) is 6.42 Å². The molecule has 0 bridgehead atoms. The molecule has 0 radical (unpaired) electrons. The summed E-state index contributed by atoms with van der Waals surface area (Å²) in [5.74, 6) is 2.58. The average molecular weight is 235 g/mol. The summed E-state index contributed by atoms with van der Waals surface area (Å²) in [4.78, 5) is 0. The molecule has 0 amide bonds. The van der Waals surface area contributed by atoms with E-state index >= 15 is 0 Å². The van der Waals surface area contributed by atoms with Crippen LogP contribution in [0.25, 0.3) is 11.7 Å². The molecular formula is C12H17N3O2. The lowest BCUT2D eigenvalue weighted by atomic mass is 10.2. The third kappa shape index (κ3) is 2.39. The Morgan fingerprint density at radius 1 is 1.24 bits per heavy atom. The Kier molecular flexibility index (Phi) is 3.58. The number of nitrogens with one attached hydrogen (secondary N) is 1.